The van der Waals surface area contributed by atoms with E-state index >= 15 is 0 Å². The summed E-state index contributed by atoms with van der Waals surface area (Å²) in [7, 11) is 0. The van der Waals surface area contributed by atoms with E-state index in [4.69, 9.17) is 5.73 Å². The van der Waals surface area contributed by atoms with Crippen LogP contribution in [0.25, 0.3) is 0 Å². The molecule has 4 N–H and O–H groups in total. The molecule has 1 rings (SSSR count). The lowest BCUT2D eigenvalue weighted by Gasteiger charge is -2.19. The highest BCUT2D eigenvalue weighted by Crippen LogP contribution is 2.10. The lowest BCUT2D eigenvalue weighted by atomic mass is 10.00. The van der Waals surface area contributed by atoms with Gasteiger partial charge in [0.2, 0.25) is 11.8 Å². The molecule has 0 aromatic heterocycles. The molecule has 1 saturated heterocycles. The van der Waals surface area contributed by atoms with Crippen LogP contribution >= 0.6 is 0 Å². The fourth-order valence-corrected chi connectivity index (χ4v) is 1.17. The lowest BCUT2D eigenvalue weighted by molar-refractivity contribution is -0.136. The van der Waals surface area contributed by atoms with Gasteiger partial charge in [-0.2, -0.15) is 0 Å². The highest BCUT2D eigenvalue weighted by atomic mass is 16.2. The Morgan fingerprint density at radius 1 is 1.21 bits per heavy atom. The van der Waals surface area contributed by atoms with Crippen molar-refractivity contribution >= 4 is 17.8 Å². The molecule has 0 aromatic carbocycles. The van der Waals surface area contributed by atoms with Gasteiger partial charge in [-0.25, -0.2) is 4.79 Å². The van der Waals surface area contributed by atoms with Gasteiger partial charge < -0.3 is 5.73 Å². The zero-order chi connectivity index (χ0) is 10.6. The highest BCUT2D eigenvalue weighted by molar-refractivity contribution is 6.16. The Morgan fingerprint density at radius 2 is 1.79 bits per heavy atom. The molecule has 1 fully saturated rings. The molecule has 6 nitrogen and oxygen atoms in total. The molecular formula is C8H11N3O3. The third-order valence-electron chi connectivity index (χ3n) is 1.86. The van der Waals surface area contributed by atoms with E-state index < -0.39 is 23.8 Å². The summed E-state index contributed by atoms with van der Waals surface area (Å²) in [6, 6.07) is -0.759. The van der Waals surface area contributed by atoms with Crippen molar-refractivity contribution in [1.29, 1.82) is 0 Å². The first-order valence-electron chi connectivity index (χ1n) is 4.17. The van der Waals surface area contributed by atoms with E-state index in [1.165, 1.54) is 6.20 Å². The average Bonchev–Trinajstić information content (AvgIpc) is 2.09. The van der Waals surface area contributed by atoms with Crippen LogP contribution in [-0.4, -0.2) is 17.8 Å². The number of rotatable bonds is 3. The fraction of sp³-hybridized carbons (Fsp3) is 0.375. The van der Waals surface area contributed by atoms with Gasteiger partial charge in [-0.1, -0.05) is 6.08 Å². The van der Waals surface area contributed by atoms with Crippen molar-refractivity contribution in [2.45, 2.75) is 12.8 Å². The summed E-state index contributed by atoms with van der Waals surface area (Å²) in [5.74, 6) is -1.91. The second kappa shape index (κ2) is 4.40. The Kier molecular flexibility index (Phi) is 3.22. The first-order valence-corrected chi connectivity index (χ1v) is 4.17. The van der Waals surface area contributed by atoms with Crippen molar-refractivity contribution in [3.05, 3.63) is 12.3 Å². The molecule has 14 heavy (non-hydrogen) atoms. The van der Waals surface area contributed by atoms with Crippen LogP contribution in [0, 0.1) is 5.92 Å². The molecule has 1 aliphatic rings. The molecule has 0 saturated carbocycles. The largest absolute Gasteiger partial charge is 0.405 e. The summed E-state index contributed by atoms with van der Waals surface area (Å²) in [6.45, 7) is 0. The van der Waals surface area contributed by atoms with E-state index in [1.807, 2.05) is 10.6 Å². The minimum Gasteiger partial charge on any atom is -0.405 e. The number of urea groups is 1. The summed E-state index contributed by atoms with van der Waals surface area (Å²) >= 11 is 0. The number of hydrogen-bond acceptors (Lipinski definition) is 4. The van der Waals surface area contributed by atoms with Crippen molar-refractivity contribution < 1.29 is 14.4 Å². The second-order valence-electron chi connectivity index (χ2n) is 2.87. The van der Waals surface area contributed by atoms with E-state index in [-0.39, 0.29) is 0 Å². The van der Waals surface area contributed by atoms with Gasteiger partial charge in [-0.3, -0.25) is 20.2 Å². The third kappa shape index (κ3) is 2.32. The van der Waals surface area contributed by atoms with Crippen molar-refractivity contribution in [1.82, 2.24) is 10.6 Å². The van der Waals surface area contributed by atoms with Crippen molar-refractivity contribution in [3.8, 4) is 0 Å². The number of nitrogens with one attached hydrogen (secondary N) is 2. The number of carbonyl (C=O) groups excluding carboxylic acids is 3. The number of hydrogen-bond donors (Lipinski definition) is 3. The van der Waals surface area contributed by atoms with E-state index in [1.54, 1.807) is 6.08 Å². The molecule has 0 spiro atoms. The maximum Gasteiger partial charge on any atom is 0.328 e. The maximum absolute atomic E-state index is 11.2. The fourth-order valence-electron chi connectivity index (χ4n) is 1.17. The third-order valence-corrected chi connectivity index (χ3v) is 1.86. The van der Waals surface area contributed by atoms with Gasteiger partial charge in [0, 0.05) is 0 Å². The predicted octanol–water partition coefficient (Wildman–Crippen LogP) is -0.779. The minimum absolute atomic E-state index is 0.346. The lowest BCUT2D eigenvalue weighted by Crippen LogP contribution is -2.55. The zero-order valence-electron chi connectivity index (χ0n) is 7.45. The van der Waals surface area contributed by atoms with Crippen LogP contribution in [-0.2, 0) is 9.59 Å². The molecule has 1 aliphatic heterocycles. The molecule has 0 aromatic rings. The Morgan fingerprint density at radius 3 is 2.29 bits per heavy atom. The molecule has 76 valence electrons. The number of nitrogens with two attached hydrogens (primary N) is 1. The minimum atomic E-state index is -0.802. The Bertz CT molecular complexity index is 278. The molecule has 0 bridgehead atoms. The molecule has 0 unspecified atom stereocenters. The van der Waals surface area contributed by atoms with Crippen LogP contribution in [0.15, 0.2) is 12.3 Å². The summed E-state index contributed by atoms with van der Waals surface area (Å²) < 4.78 is 0. The molecule has 4 amide bonds. The Labute approximate surface area is 80.5 Å². The topological polar surface area (TPSA) is 101 Å². The summed E-state index contributed by atoms with van der Waals surface area (Å²) in [6.07, 6.45) is 3.87. The van der Waals surface area contributed by atoms with Gasteiger partial charge >= 0.3 is 6.03 Å². The number of amides is 4. The standard InChI is InChI=1S/C8H11N3O3/c9-4-2-1-3-5-6(12)10-8(14)11-7(5)13/h2,4-5H,1,3,9H2,(H2,10,11,12,13,14)/b4-2+. The van der Waals surface area contributed by atoms with Crippen LogP contribution in [0.3, 0.4) is 0 Å². The zero-order valence-corrected chi connectivity index (χ0v) is 7.45. The van der Waals surface area contributed by atoms with Gasteiger partial charge in [0.25, 0.3) is 0 Å². The molecule has 0 radical (unpaired) electrons. The van der Waals surface area contributed by atoms with E-state index in [0.717, 1.165) is 0 Å². The van der Waals surface area contributed by atoms with E-state index in [9.17, 15) is 14.4 Å². The maximum atomic E-state index is 11.2. The average molecular weight is 197 g/mol. The Hall–Kier alpha value is -1.85. The van der Waals surface area contributed by atoms with Crippen LogP contribution in [0.1, 0.15) is 12.8 Å². The van der Waals surface area contributed by atoms with Crippen molar-refractivity contribution in [2.24, 2.45) is 11.7 Å². The second-order valence-corrected chi connectivity index (χ2v) is 2.87. The van der Waals surface area contributed by atoms with Crippen LogP contribution in [0.4, 0.5) is 4.79 Å². The van der Waals surface area contributed by atoms with E-state index in [2.05, 4.69) is 0 Å². The van der Waals surface area contributed by atoms with Crippen LogP contribution < -0.4 is 16.4 Å². The van der Waals surface area contributed by atoms with Gasteiger partial charge in [0.15, 0.2) is 0 Å². The molecule has 1 heterocycles. The van der Waals surface area contributed by atoms with Gasteiger partial charge in [-0.15, -0.1) is 0 Å². The summed E-state index contributed by atoms with van der Waals surface area (Å²) in [5, 5.41) is 4.04. The first-order chi connectivity index (χ1) is 6.65. The smallest absolute Gasteiger partial charge is 0.328 e. The SMILES string of the molecule is N/C=C/CCC1C(=O)NC(=O)NC1=O. The normalized spacial score (nSPS) is 18.4. The van der Waals surface area contributed by atoms with Crippen LogP contribution in [0.5, 0.6) is 0 Å². The first kappa shape index (κ1) is 10.2. The summed E-state index contributed by atoms with van der Waals surface area (Å²) in [5.41, 5.74) is 5.10. The number of allylic oxidation sites excluding steroid dienone is 1. The predicted molar refractivity (Wildman–Crippen MR) is 47.7 cm³/mol. The monoisotopic (exact) mass is 197 g/mol. The van der Waals surface area contributed by atoms with Crippen molar-refractivity contribution in [3.63, 3.8) is 0 Å². The number of barbiturate groups is 1. The van der Waals surface area contributed by atoms with Crippen molar-refractivity contribution in [2.75, 3.05) is 0 Å². The molecule has 6 heteroatoms. The quantitative estimate of drug-likeness (QED) is 0.516. The van der Waals surface area contributed by atoms with Gasteiger partial charge in [0.05, 0.1) is 0 Å². The van der Waals surface area contributed by atoms with Gasteiger partial charge in [0.1, 0.15) is 5.92 Å². The number of carbonyl (C=O) groups is 3. The number of imide groups is 2. The Balaban J connectivity index is 2.54. The van der Waals surface area contributed by atoms with Crippen LogP contribution in [0.2, 0.25) is 0 Å². The van der Waals surface area contributed by atoms with Gasteiger partial charge in [-0.05, 0) is 19.0 Å². The highest BCUT2D eigenvalue weighted by Gasteiger charge is 2.33. The van der Waals surface area contributed by atoms with E-state index in [0.29, 0.717) is 12.8 Å². The summed E-state index contributed by atoms with van der Waals surface area (Å²) in [4.78, 5) is 33.0. The molecule has 0 aliphatic carbocycles. The molecular weight excluding hydrogens is 186 g/mol. The molecule has 0 atom stereocenters.